The standard InChI is InChI=1S/C19H19N3O4.2C12H12N2O6S2.Ru/c1-13-7-9-20-15(11-13)16-12-14(8-10-21-16)3-2-4-19(25)26-22-17(23)5-6-18(22)24;2*15-21(16,17)7-9-1-3-13-11(5-9)12-6-10(2-4-14-12)8-22(18,19)20;/h7-12H,2-6H2,1H3;2*1-6H,7-8H2,(H,15,16,17)(H,18,19,20);/q;;;+2/p-3. The zero-order chi connectivity index (χ0) is 51.3. The summed E-state index contributed by atoms with van der Waals surface area (Å²) in [4.78, 5) is 64.2. The summed E-state index contributed by atoms with van der Waals surface area (Å²) >= 11 is 0. The predicted molar refractivity (Wildman–Crippen MR) is 242 cm³/mol. The van der Waals surface area contributed by atoms with Gasteiger partial charge in [0.05, 0.1) is 97.6 Å². The Morgan fingerprint density at radius 2 is 0.789 bits per heavy atom. The molecule has 0 atom stereocenters. The van der Waals surface area contributed by atoms with E-state index in [4.69, 9.17) is 4.84 Å². The quantitative estimate of drug-likeness (QED) is 0.0763. The molecule has 0 spiro atoms. The van der Waals surface area contributed by atoms with Crippen molar-refractivity contribution in [2.45, 2.75) is 62.0 Å². The number of carbonyl (C=O) groups excluding carboxylic acids is 3. The number of pyridine rings is 6. The Labute approximate surface area is 422 Å². The van der Waals surface area contributed by atoms with Crippen LogP contribution in [-0.4, -0.2) is 105 Å². The molecule has 2 amide bonds. The van der Waals surface area contributed by atoms with Gasteiger partial charge in [-0.05, 0) is 126 Å². The molecule has 1 fully saturated rings. The fraction of sp³-hybridized carbons (Fsp3) is 0.233. The van der Waals surface area contributed by atoms with E-state index in [-0.39, 0.29) is 85.2 Å². The fourth-order valence-electron chi connectivity index (χ4n) is 6.32. The van der Waals surface area contributed by atoms with Crippen LogP contribution in [0.25, 0.3) is 34.2 Å². The first-order valence-electron chi connectivity index (χ1n) is 20.3. The maximum absolute atomic E-state index is 11.8. The number of imide groups is 1. The Kier molecular flexibility index (Phi) is 20.4. The van der Waals surface area contributed by atoms with Crippen molar-refractivity contribution in [3.05, 3.63) is 143 Å². The second kappa shape index (κ2) is 25.2. The van der Waals surface area contributed by atoms with Crippen LogP contribution in [0.4, 0.5) is 0 Å². The summed E-state index contributed by atoms with van der Waals surface area (Å²) in [5.41, 5.74) is 5.75. The number of amides is 2. The average Bonchev–Trinajstić information content (AvgIpc) is 3.57. The van der Waals surface area contributed by atoms with E-state index in [1.807, 2.05) is 31.2 Å². The molecule has 0 radical (unpaired) electrons. The summed E-state index contributed by atoms with van der Waals surface area (Å²) in [7, 11) is -17.7. The molecule has 28 heteroatoms. The summed E-state index contributed by atoms with van der Waals surface area (Å²) in [6, 6.07) is 18.7. The number of rotatable bonds is 16. The average molecular weight is 1140 g/mol. The molecular formula is C43H40N7O16RuS4-. The Morgan fingerprint density at radius 1 is 0.507 bits per heavy atom. The van der Waals surface area contributed by atoms with Crippen LogP contribution in [0.1, 0.15) is 60.5 Å². The molecule has 0 saturated carbocycles. The summed E-state index contributed by atoms with van der Waals surface area (Å²) < 4.78 is 129. The molecule has 0 aliphatic carbocycles. The normalized spacial score (nSPS) is 12.7. The van der Waals surface area contributed by atoms with E-state index >= 15 is 0 Å². The summed E-state index contributed by atoms with van der Waals surface area (Å²) in [6.07, 6.45) is 10.2. The monoisotopic (exact) mass is 1140 g/mol. The Morgan fingerprint density at radius 3 is 1.10 bits per heavy atom. The molecule has 23 nitrogen and oxygen atoms in total. The minimum absolute atomic E-state index is 0. The number of carbonyl (C=O) groups is 3. The van der Waals surface area contributed by atoms with Crippen molar-refractivity contribution in [3.63, 3.8) is 0 Å². The third-order valence-corrected chi connectivity index (χ3v) is 12.0. The predicted octanol–water partition coefficient (Wildman–Crippen LogP) is 2.96. The first-order chi connectivity index (χ1) is 32.8. The van der Waals surface area contributed by atoms with Gasteiger partial charge in [-0.3, -0.25) is 39.5 Å². The first kappa shape index (κ1) is 57.4. The van der Waals surface area contributed by atoms with Gasteiger partial charge in [0.25, 0.3) is 11.8 Å². The van der Waals surface area contributed by atoms with Crippen molar-refractivity contribution in [3.8, 4) is 34.2 Å². The van der Waals surface area contributed by atoms with Gasteiger partial charge in [-0.2, -0.15) is 0 Å². The Bertz CT molecular complexity index is 3040. The maximum Gasteiger partial charge on any atom is 2.00 e. The fourth-order valence-corrected chi connectivity index (χ4v) is 8.67. The van der Waals surface area contributed by atoms with Crippen LogP contribution in [0.2, 0.25) is 0 Å². The van der Waals surface area contributed by atoms with E-state index in [0.717, 1.165) is 22.5 Å². The van der Waals surface area contributed by atoms with E-state index in [2.05, 4.69) is 29.9 Å². The molecule has 0 aromatic carbocycles. The minimum atomic E-state index is -4.43. The van der Waals surface area contributed by atoms with Gasteiger partial charge in [0.2, 0.25) is 0 Å². The van der Waals surface area contributed by atoms with Gasteiger partial charge < -0.3 is 23.0 Å². The third kappa shape index (κ3) is 20.6. The van der Waals surface area contributed by atoms with Gasteiger partial charge in [-0.15, -0.1) is 5.06 Å². The van der Waals surface area contributed by atoms with E-state index in [1.165, 1.54) is 73.3 Å². The van der Waals surface area contributed by atoms with E-state index < -0.39 is 81.3 Å². The molecular weight excluding hydrogens is 1100 g/mol. The first-order valence-corrected chi connectivity index (χ1v) is 26.6. The Hall–Kier alpha value is -6.23. The molecule has 71 heavy (non-hydrogen) atoms. The van der Waals surface area contributed by atoms with Crippen molar-refractivity contribution in [1.29, 1.82) is 0 Å². The molecule has 6 aromatic rings. The van der Waals surface area contributed by atoms with Crippen LogP contribution in [0.5, 0.6) is 0 Å². The molecule has 376 valence electrons. The molecule has 1 aliphatic rings. The molecule has 7 rings (SSSR count). The largest absolute Gasteiger partial charge is 2.00 e. The topological polar surface area (TPSA) is 370 Å². The van der Waals surface area contributed by atoms with Crippen molar-refractivity contribution in [2.24, 2.45) is 0 Å². The molecule has 1 aliphatic heterocycles. The smallest absolute Gasteiger partial charge is 0.748 e. The van der Waals surface area contributed by atoms with Gasteiger partial charge in [-0.1, -0.05) is 0 Å². The van der Waals surface area contributed by atoms with Crippen molar-refractivity contribution in [2.75, 3.05) is 0 Å². The number of aryl methyl sites for hydroxylation is 2. The van der Waals surface area contributed by atoms with Crippen LogP contribution >= 0.6 is 0 Å². The van der Waals surface area contributed by atoms with Gasteiger partial charge in [-0.25, -0.2) is 38.5 Å². The molecule has 0 bridgehead atoms. The molecule has 6 aromatic heterocycles. The van der Waals surface area contributed by atoms with Crippen molar-refractivity contribution < 1.29 is 92.0 Å². The SMILES string of the molecule is Cc1ccnc(-c2cc(CCCC(=O)ON3C(=O)CCC3=O)ccn2)c1.O=S(=O)([O-])Cc1ccnc(-c2cc(CS(=O)(=O)[O-])ccn2)c1.O=S(=O)([O-])Cc1ccnc(-c2cc(CS(=O)(=O)[O-])ccn2)c1.[H+].[Ru+2]. The number of aromatic nitrogens is 6. The van der Waals surface area contributed by atoms with Gasteiger partial charge in [0, 0.05) is 56.4 Å². The number of hydrogen-bond donors (Lipinski definition) is 0. The summed E-state index contributed by atoms with van der Waals surface area (Å²) in [5.74, 6) is -4.24. The van der Waals surface area contributed by atoms with Crippen LogP contribution in [0.15, 0.2) is 110 Å². The van der Waals surface area contributed by atoms with Crippen LogP contribution < -0.4 is 0 Å². The maximum atomic E-state index is 11.8. The van der Waals surface area contributed by atoms with Gasteiger partial charge >= 0.3 is 26.9 Å². The van der Waals surface area contributed by atoms with E-state index in [9.17, 15) is 66.3 Å². The van der Waals surface area contributed by atoms with E-state index in [0.29, 0.717) is 17.9 Å². The molecule has 0 unspecified atom stereocenters. The second-order valence-corrected chi connectivity index (χ2v) is 20.8. The van der Waals surface area contributed by atoms with E-state index in [1.54, 1.807) is 12.4 Å². The van der Waals surface area contributed by atoms with Gasteiger partial charge in [0.15, 0.2) is 0 Å². The number of hydroxylamine groups is 2. The van der Waals surface area contributed by atoms with Crippen LogP contribution in [-0.2, 0) is 109 Å². The third-order valence-electron chi connectivity index (χ3n) is 9.24. The molecule has 1 saturated heterocycles. The zero-order valence-corrected chi connectivity index (χ0v) is 41.9. The number of nitrogens with zero attached hydrogens (tertiary/aromatic N) is 7. The second-order valence-electron chi connectivity index (χ2n) is 15.2. The number of hydrogen-bond acceptors (Lipinski definition) is 22. The van der Waals surface area contributed by atoms with Crippen LogP contribution in [0, 0.1) is 6.92 Å². The van der Waals surface area contributed by atoms with Crippen molar-refractivity contribution in [1.82, 2.24) is 35.0 Å². The van der Waals surface area contributed by atoms with Gasteiger partial charge in [0.1, 0.15) is 0 Å². The Balaban J connectivity index is 0.000000283. The minimum Gasteiger partial charge on any atom is -0.748 e. The van der Waals surface area contributed by atoms with Crippen molar-refractivity contribution >= 4 is 58.3 Å². The molecule has 7 heterocycles. The summed E-state index contributed by atoms with van der Waals surface area (Å²) in [6.45, 7) is 2.00. The van der Waals surface area contributed by atoms with Crippen LogP contribution in [0.3, 0.4) is 0 Å². The summed E-state index contributed by atoms with van der Waals surface area (Å²) in [5, 5.41) is 0.580. The zero-order valence-electron chi connectivity index (χ0n) is 37.9. The molecule has 0 N–H and O–H groups in total.